The summed E-state index contributed by atoms with van der Waals surface area (Å²) in [5.41, 5.74) is -0.603. The number of aliphatic hydroxyl groups is 2. The van der Waals surface area contributed by atoms with E-state index in [2.05, 4.69) is 45.4 Å². The van der Waals surface area contributed by atoms with E-state index in [1.54, 1.807) is 30.3 Å². The van der Waals surface area contributed by atoms with Crippen LogP contribution in [0.2, 0.25) is 0 Å². The first-order valence-electron chi connectivity index (χ1n) is 13.4. The van der Waals surface area contributed by atoms with Gasteiger partial charge in [-0.1, -0.05) is 32.0 Å². The molecule has 1 aromatic heterocycles. The first kappa shape index (κ1) is 26.8. The van der Waals surface area contributed by atoms with Gasteiger partial charge in [-0.2, -0.15) is 0 Å². The average Bonchev–Trinajstić information content (AvgIpc) is 3.41. The lowest BCUT2D eigenvalue weighted by molar-refractivity contribution is -0.232. The van der Waals surface area contributed by atoms with Crippen LogP contribution in [-0.4, -0.2) is 93.1 Å². The fourth-order valence-electron chi connectivity index (χ4n) is 6.32. The molecule has 41 heavy (non-hydrogen) atoms. The van der Waals surface area contributed by atoms with Crippen molar-refractivity contribution in [3.63, 3.8) is 0 Å². The monoisotopic (exact) mass is 563 g/mol. The number of rotatable bonds is 5. The van der Waals surface area contributed by atoms with Gasteiger partial charge >= 0.3 is 0 Å². The first-order chi connectivity index (χ1) is 19.5. The molecule has 1 aromatic carbocycles. The summed E-state index contributed by atoms with van der Waals surface area (Å²) in [6, 6.07) is 7.39. The minimum atomic E-state index is -2.64. The van der Waals surface area contributed by atoms with Gasteiger partial charge in [-0.25, -0.2) is 0 Å². The topological polar surface area (TPSA) is 208 Å². The molecule has 14 nitrogen and oxygen atoms in total. The van der Waals surface area contributed by atoms with Crippen molar-refractivity contribution in [1.82, 2.24) is 36.5 Å². The van der Waals surface area contributed by atoms with Gasteiger partial charge in [0.05, 0.1) is 24.3 Å². The molecule has 2 aromatic rings. The Morgan fingerprint density at radius 2 is 1.95 bits per heavy atom. The third-order valence-corrected chi connectivity index (χ3v) is 8.55. The van der Waals surface area contributed by atoms with Crippen molar-refractivity contribution in [2.75, 3.05) is 19.7 Å². The SMILES string of the molecule is CC1(C)CCOc2c(C(=O)N[C@H]3CN4C(=N)N[C@@H](CNC(=O)c5ccccn5)[C@@H]5NC(=N)N[C@@]54C3(O)O)cccc21. The van der Waals surface area contributed by atoms with Crippen LogP contribution in [0, 0.1) is 10.8 Å². The Morgan fingerprint density at radius 1 is 1.15 bits per heavy atom. The van der Waals surface area contributed by atoms with Gasteiger partial charge < -0.3 is 46.4 Å². The van der Waals surface area contributed by atoms with Crippen LogP contribution >= 0.6 is 0 Å². The number of para-hydroxylation sites is 1. The number of nitrogens with one attached hydrogen (secondary N) is 7. The predicted molar refractivity (Wildman–Crippen MR) is 146 cm³/mol. The standard InChI is InChI=1S/C27H33N9O5/c1-25(2)9-11-41-19-14(6-5-7-15(19)25)21(37)33-18-13-36-24(29)32-17(12-31-22(38)16-8-3-4-10-30-16)20-26(36,27(18,39)40)35-23(28)34-20/h3-8,10,17-18,20,39-40H,9,11-13H2,1-2H3,(H2,29,32)(H,31,38)(H,33,37)(H3,28,34,35)/t17-,18-,20-,26-/m0/s1. The largest absolute Gasteiger partial charge is 0.492 e. The molecule has 0 bridgehead atoms. The number of hydrogen-bond donors (Lipinski definition) is 9. The summed E-state index contributed by atoms with van der Waals surface area (Å²) in [5.74, 6) is -3.52. The van der Waals surface area contributed by atoms with Crippen LogP contribution in [0.4, 0.5) is 0 Å². The minimum Gasteiger partial charge on any atom is -0.492 e. The van der Waals surface area contributed by atoms with Gasteiger partial charge in [-0.15, -0.1) is 0 Å². The quantitative estimate of drug-likeness (QED) is 0.198. The Labute approximate surface area is 235 Å². The van der Waals surface area contributed by atoms with Gasteiger partial charge in [0.15, 0.2) is 17.6 Å². The van der Waals surface area contributed by atoms with Crippen molar-refractivity contribution in [1.29, 1.82) is 10.8 Å². The third-order valence-electron chi connectivity index (χ3n) is 8.55. The summed E-state index contributed by atoms with van der Waals surface area (Å²) >= 11 is 0. The second-order valence-corrected chi connectivity index (χ2v) is 11.4. The van der Waals surface area contributed by atoms with Crippen LogP contribution in [-0.2, 0) is 5.41 Å². The highest BCUT2D eigenvalue weighted by Gasteiger charge is 2.74. The summed E-state index contributed by atoms with van der Waals surface area (Å²) in [6.45, 7) is 4.46. The minimum absolute atomic E-state index is 0.0175. The van der Waals surface area contributed by atoms with Gasteiger partial charge in [0.2, 0.25) is 5.79 Å². The first-order valence-corrected chi connectivity index (χ1v) is 13.4. The van der Waals surface area contributed by atoms with Crippen LogP contribution in [0.1, 0.15) is 46.7 Å². The summed E-state index contributed by atoms with van der Waals surface area (Å²) in [6.07, 6.45) is 2.30. The number of carbonyl (C=O) groups is 2. The predicted octanol–water partition coefficient (Wildman–Crippen LogP) is -1.23. The molecule has 0 unspecified atom stereocenters. The van der Waals surface area contributed by atoms with E-state index < -0.39 is 41.4 Å². The normalized spacial score (nSPS) is 28.6. The molecule has 3 saturated heterocycles. The maximum absolute atomic E-state index is 13.6. The van der Waals surface area contributed by atoms with Crippen LogP contribution in [0.15, 0.2) is 42.6 Å². The Morgan fingerprint density at radius 3 is 2.71 bits per heavy atom. The molecule has 3 fully saturated rings. The second-order valence-electron chi connectivity index (χ2n) is 11.4. The van der Waals surface area contributed by atoms with Crippen LogP contribution in [0.5, 0.6) is 5.75 Å². The zero-order valence-electron chi connectivity index (χ0n) is 22.6. The fourth-order valence-corrected chi connectivity index (χ4v) is 6.32. The molecule has 2 amide bonds. The number of aromatic nitrogens is 1. The molecule has 9 N–H and O–H groups in total. The third kappa shape index (κ3) is 4.04. The Bertz CT molecular complexity index is 1430. The molecule has 216 valence electrons. The smallest absolute Gasteiger partial charge is 0.269 e. The summed E-state index contributed by atoms with van der Waals surface area (Å²) in [5, 5.41) is 54.6. The number of fused-ring (bicyclic) bond motifs is 1. The molecule has 4 atom stereocenters. The van der Waals surface area contributed by atoms with Crippen molar-refractivity contribution >= 4 is 23.7 Å². The van der Waals surface area contributed by atoms with E-state index in [9.17, 15) is 19.8 Å². The number of guanidine groups is 2. The molecule has 4 aliphatic rings. The molecule has 5 heterocycles. The second kappa shape index (κ2) is 9.31. The Kier molecular flexibility index (Phi) is 6.08. The fraction of sp³-hybridized carbons (Fsp3) is 0.444. The summed E-state index contributed by atoms with van der Waals surface area (Å²) in [4.78, 5) is 31.6. The molecule has 0 radical (unpaired) electrons. The Balaban J connectivity index is 1.26. The number of ether oxygens (including phenoxy) is 1. The van der Waals surface area contributed by atoms with Crippen molar-refractivity contribution in [3.8, 4) is 5.75 Å². The Hall–Kier alpha value is -4.43. The van der Waals surface area contributed by atoms with Crippen LogP contribution < -0.4 is 31.3 Å². The highest BCUT2D eigenvalue weighted by atomic mass is 16.5. The molecular weight excluding hydrogens is 530 g/mol. The zero-order chi connectivity index (χ0) is 29.2. The molecule has 6 rings (SSSR count). The lowest BCUT2D eigenvalue weighted by Gasteiger charge is -2.51. The van der Waals surface area contributed by atoms with Gasteiger partial charge in [-0.05, 0) is 30.0 Å². The van der Waals surface area contributed by atoms with Gasteiger partial charge in [0.25, 0.3) is 11.8 Å². The van der Waals surface area contributed by atoms with E-state index in [1.807, 2.05) is 6.07 Å². The molecule has 0 aliphatic carbocycles. The number of amides is 2. The van der Waals surface area contributed by atoms with E-state index in [4.69, 9.17) is 15.6 Å². The number of pyridine rings is 1. The van der Waals surface area contributed by atoms with E-state index in [1.165, 1.54) is 11.1 Å². The highest BCUT2D eigenvalue weighted by Crippen LogP contribution is 2.44. The van der Waals surface area contributed by atoms with E-state index in [0.717, 1.165) is 12.0 Å². The lowest BCUT2D eigenvalue weighted by Crippen LogP contribution is -2.81. The number of hydrogen-bond acceptors (Lipinski definition) is 8. The molecule has 1 spiro atoms. The van der Waals surface area contributed by atoms with Gasteiger partial charge in [0.1, 0.15) is 17.5 Å². The number of benzene rings is 1. The average molecular weight is 564 g/mol. The number of nitrogens with zero attached hydrogens (tertiary/aromatic N) is 2. The van der Waals surface area contributed by atoms with Crippen LogP contribution in [0.25, 0.3) is 0 Å². The molecular formula is C27H33N9O5. The maximum Gasteiger partial charge on any atom is 0.269 e. The van der Waals surface area contributed by atoms with E-state index in [-0.39, 0.29) is 41.7 Å². The van der Waals surface area contributed by atoms with Crippen molar-refractivity contribution in [2.45, 2.75) is 55.3 Å². The summed E-state index contributed by atoms with van der Waals surface area (Å²) in [7, 11) is 0. The zero-order valence-corrected chi connectivity index (χ0v) is 22.6. The van der Waals surface area contributed by atoms with Crippen molar-refractivity contribution in [2.24, 2.45) is 0 Å². The lowest BCUT2D eigenvalue weighted by atomic mass is 9.79. The van der Waals surface area contributed by atoms with Crippen LogP contribution in [0.3, 0.4) is 0 Å². The maximum atomic E-state index is 13.6. The van der Waals surface area contributed by atoms with E-state index >= 15 is 0 Å². The van der Waals surface area contributed by atoms with Gasteiger partial charge in [0, 0.05) is 24.8 Å². The van der Waals surface area contributed by atoms with Gasteiger partial charge in [-0.3, -0.25) is 25.4 Å². The molecule has 4 aliphatic heterocycles. The molecule has 14 heteroatoms. The number of carbonyl (C=O) groups excluding carboxylic acids is 2. The molecule has 0 saturated carbocycles. The van der Waals surface area contributed by atoms with Crippen molar-refractivity contribution in [3.05, 3.63) is 59.4 Å². The summed E-state index contributed by atoms with van der Waals surface area (Å²) < 4.78 is 5.88. The van der Waals surface area contributed by atoms with Crippen molar-refractivity contribution < 1.29 is 24.5 Å². The van der Waals surface area contributed by atoms with E-state index in [0.29, 0.717) is 12.4 Å². The highest BCUT2D eigenvalue weighted by molar-refractivity contribution is 5.98.